The molecule has 0 aromatic rings. The van der Waals surface area contributed by atoms with E-state index in [0.29, 0.717) is 0 Å². The number of likely N-dealkylation sites (N-methyl/N-ethyl adjacent to an activating group) is 2. The highest BCUT2D eigenvalue weighted by Crippen LogP contribution is 2.33. The minimum absolute atomic E-state index is 0.764. The molecular formula is C13H26N2. The highest BCUT2D eigenvalue weighted by atomic mass is 15.2. The Morgan fingerprint density at radius 3 is 2.40 bits per heavy atom. The van der Waals surface area contributed by atoms with E-state index >= 15 is 0 Å². The summed E-state index contributed by atoms with van der Waals surface area (Å²) in [5, 5.41) is 3.66. The molecular weight excluding hydrogens is 184 g/mol. The first-order chi connectivity index (χ1) is 7.31. The monoisotopic (exact) mass is 210 g/mol. The Bertz CT molecular complexity index is 183. The fourth-order valence-corrected chi connectivity index (χ4v) is 2.95. The van der Waals surface area contributed by atoms with Crippen molar-refractivity contribution in [3.63, 3.8) is 0 Å². The third-order valence-corrected chi connectivity index (χ3v) is 4.09. The molecule has 2 aliphatic carbocycles. The van der Waals surface area contributed by atoms with Gasteiger partial charge in [0, 0.05) is 18.6 Å². The van der Waals surface area contributed by atoms with E-state index in [1.807, 2.05) is 0 Å². The zero-order valence-electron chi connectivity index (χ0n) is 10.3. The van der Waals surface area contributed by atoms with Crippen LogP contribution in [0.25, 0.3) is 0 Å². The number of nitrogens with zero attached hydrogens (tertiary/aromatic N) is 1. The average Bonchev–Trinajstić information content (AvgIpc) is 2.92. The molecule has 1 unspecified atom stereocenters. The molecule has 2 fully saturated rings. The summed E-state index contributed by atoms with van der Waals surface area (Å²) in [5.41, 5.74) is 0. The van der Waals surface area contributed by atoms with E-state index in [2.05, 4.69) is 24.2 Å². The summed E-state index contributed by atoms with van der Waals surface area (Å²) in [6.45, 7) is 4.62. The van der Waals surface area contributed by atoms with E-state index in [-0.39, 0.29) is 0 Å². The summed E-state index contributed by atoms with van der Waals surface area (Å²) in [6, 6.07) is 1.64. The quantitative estimate of drug-likeness (QED) is 0.723. The predicted molar refractivity (Wildman–Crippen MR) is 65.1 cm³/mol. The highest BCUT2D eigenvalue weighted by Gasteiger charge is 2.32. The molecule has 2 saturated carbocycles. The minimum atomic E-state index is 0.764. The minimum Gasteiger partial charge on any atom is -0.313 e. The van der Waals surface area contributed by atoms with Gasteiger partial charge < -0.3 is 10.2 Å². The van der Waals surface area contributed by atoms with Crippen molar-refractivity contribution in [1.29, 1.82) is 0 Å². The van der Waals surface area contributed by atoms with Crippen LogP contribution in [-0.4, -0.2) is 37.1 Å². The van der Waals surface area contributed by atoms with Gasteiger partial charge in [-0.1, -0.05) is 19.8 Å². The van der Waals surface area contributed by atoms with Crippen molar-refractivity contribution in [3.8, 4) is 0 Å². The molecule has 2 aliphatic rings. The van der Waals surface area contributed by atoms with Gasteiger partial charge in [-0.15, -0.1) is 0 Å². The number of hydrogen-bond acceptors (Lipinski definition) is 2. The van der Waals surface area contributed by atoms with Crippen molar-refractivity contribution in [1.82, 2.24) is 10.2 Å². The van der Waals surface area contributed by atoms with Crippen LogP contribution in [0.1, 0.15) is 45.4 Å². The molecule has 0 spiro atoms. The molecule has 0 aromatic heterocycles. The van der Waals surface area contributed by atoms with Gasteiger partial charge >= 0.3 is 0 Å². The zero-order chi connectivity index (χ0) is 10.7. The second kappa shape index (κ2) is 5.31. The summed E-state index contributed by atoms with van der Waals surface area (Å²) in [6.07, 6.45) is 8.67. The van der Waals surface area contributed by atoms with Gasteiger partial charge in [-0.25, -0.2) is 0 Å². The van der Waals surface area contributed by atoms with Crippen molar-refractivity contribution in [2.45, 2.75) is 57.5 Å². The normalized spacial score (nSPS) is 25.0. The smallest absolute Gasteiger partial charge is 0.0223 e. The number of rotatable bonds is 6. The van der Waals surface area contributed by atoms with Crippen LogP contribution in [0.3, 0.4) is 0 Å². The van der Waals surface area contributed by atoms with Crippen LogP contribution in [0.5, 0.6) is 0 Å². The summed E-state index contributed by atoms with van der Waals surface area (Å²) in [5.74, 6) is 0.980. The van der Waals surface area contributed by atoms with Crippen molar-refractivity contribution < 1.29 is 0 Å². The van der Waals surface area contributed by atoms with Gasteiger partial charge in [-0.2, -0.15) is 0 Å². The topological polar surface area (TPSA) is 15.3 Å². The van der Waals surface area contributed by atoms with E-state index in [1.165, 1.54) is 45.1 Å². The summed E-state index contributed by atoms with van der Waals surface area (Å²) < 4.78 is 0. The lowest BCUT2D eigenvalue weighted by atomic mass is 10.1. The summed E-state index contributed by atoms with van der Waals surface area (Å²) in [4.78, 5) is 2.61. The van der Waals surface area contributed by atoms with Gasteiger partial charge in [0.15, 0.2) is 0 Å². The molecule has 0 amide bonds. The Labute approximate surface area is 94.4 Å². The van der Waals surface area contributed by atoms with Gasteiger partial charge in [0.25, 0.3) is 0 Å². The Morgan fingerprint density at radius 1 is 1.20 bits per heavy atom. The standard InChI is InChI=1S/C13H26N2/c1-3-14-13(11-8-9-11)10-15(2)12-6-4-5-7-12/h11-14H,3-10H2,1-2H3. The van der Waals surface area contributed by atoms with Gasteiger partial charge in [0.1, 0.15) is 0 Å². The van der Waals surface area contributed by atoms with Gasteiger partial charge in [0.2, 0.25) is 0 Å². The van der Waals surface area contributed by atoms with E-state index in [0.717, 1.165) is 24.5 Å². The average molecular weight is 210 g/mol. The first-order valence-corrected chi connectivity index (χ1v) is 6.75. The molecule has 0 aromatic carbocycles. The summed E-state index contributed by atoms with van der Waals surface area (Å²) in [7, 11) is 2.32. The maximum atomic E-state index is 3.66. The molecule has 2 rings (SSSR count). The third kappa shape index (κ3) is 3.18. The molecule has 88 valence electrons. The molecule has 2 heteroatoms. The molecule has 0 heterocycles. The molecule has 15 heavy (non-hydrogen) atoms. The molecule has 0 aliphatic heterocycles. The lowest BCUT2D eigenvalue weighted by Crippen LogP contribution is -2.44. The Hall–Kier alpha value is -0.0800. The van der Waals surface area contributed by atoms with Gasteiger partial charge in [-0.3, -0.25) is 0 Å². The lowest BCUT2D eigenvalue weighted by molar-refractivity contribution is 0.210. The number of hydrogen-bond donors (Lipinski definition) is 1. The molecule has 0 bridgehead atoms. The van der Waals surface area contributed by atoms with Crippen LogP contribution in [0.4, 0.5) is 0 Å². The van der Waals surface area contributed by atoms with E-state index in [9.17, 15) is 0 Å². The molecule has 1 N–H and O–H groups in total. The predicted octanol–water partition coefficient (Wildman–Crippen LogP) is 2.25. The molecule has 0 saturated heterocycles. The third-order valence-electron chi connectivity index (χ3n) is 4.09. The van der Waals surface area contributed by atoms with Crippen molar-refractivity contribution >= 4 is 0 Å². The highest BCUT2D eigenvalue weighted by molar-refractivity contribution is 4.89. The van der Waals surface area contributed by atoms with Crippen molar-refractivity contribution in [3.05, 3.63) is 0 Å². The van der Waals surface area contributed by atoms with E-state index in [1.54, 1.807) is 0 Å². The number of nitrogens with one attached hydrogen (secondary N) is 1. The van der Waals surface area contributed by atoms with E-state index < -0.39 is 0 Å². The fourth-order valence-electron chi connectivity index (χ4n) is 2.95. The Kier molecular flexibility index (Phi) is 4.04. The van der Waals surface area contributed by atoms with Crippen LogP contribution >= 0.6 is 0 Å². The van der Waals surface area contributed by atoms with Gasteiger partial charge in [-0.05, 0) is 45.2 Å². The van der Waals surface area contributed by atoms with Crippen LogP contribution in [-0.2, 0) is 0 Å². The van der Waals surface area contributed by atoms with Crippen LogP contribution in [0.2, 0.25) is 0 Å². The van der Waals surface area contributed by atoms with Crippen molar-refractivity contribution in [2.24, 2.45) is 5.92 Å². The summed E-state index contributed by atoms with van der Waals surface area (Å²) >= 11 is 0. The zero-order valence-corrected chi connectivity index (χ0v) is 10.3. The molecule has 2 nitrogen and oxygen atoms in total. The van der Waals surface area contributed by atoms with Crippen molar-refractivity contribution in [2.75, 3.05) is 20.1 Å². The Morgan fingerprint density at radius 2 is 1.87 bits per heavy atom. The second-order valence-electron chi connectivity index (χ2n) is 5.38. The second-order valence-corrected chi connectivity index (χ2v) is 5.38. The van der Waals surface area contributed by atoms with Crippen LogP contribution < -0.4 is 5.32 Å². The van der Waals surface area contributed by atoms with Gasteiger partial charge in [0.05, 0.1) is 0 Å². The van der Waals surface area contributed by atoms with Crippen LogP contribution in [0, 0.1) is 5.92 Å². The Balaban J connectivity index is 1.76. The van der Waals surface area contributed by atoms with E-state index in [4.69, 9.17) is 0 Å². The maximum absolute atomic E-state index is 3.66. The fraction of sp³-hybridized carbons (Fsp3) is 1.00. The first-order valence-electron chi connectivity index (χ1n) is 6.75. The largest absolute Gasteiger partial charge is 0.313 e. The lowest BCUT2D eigenvalue weighted by Gasteiger charge is -2.29. The first kappa shape index (κ1) is 11.4. The molecule has 1 atom stereocenters. The molecule has 0 radical (unpaired) electrons. The maximum Gasteiger partial charge on any atom is 0.0223 e. The van der Waals surface area contributed by atoms with Crippen LogP contribution in [0.15, 0.2) is 0 Å². The SMILES string of the molecule is CCNC(CN(C)C1CCCC1)C1CC1.